The summed E-state index contributed by atoms with van der Waals surface area (Å²) >= 11 is 0. The van der Waals surface area contributed by atoms with E-state index in [0.29, 0.717) is 11.1 Å². The molecule has 0 unspecified atom stereocenters. The number of carbonyl (C=O) groups is 1. The first-order valence-electron chi connectivity index (χ1n) is 6.42. The molecule has 0 aliphatic heterocycles. The lowest BCUT2D eigenvalue weighted by molar-refractivity contribution is 0.0703. The van der Waals surface area contributed by atoms with Crippen LogP contribution < -0.4 is 5.32 Å². The fourth-order valence-corrected chi connectivity index (χ4v) is 1.95. The number of aliphatic hydroxyl groups excluding tert-OH is 2. The molecule has 2 atom stereocenters. The molecule has 3 N–H and O–H groups in total. The standard InChI is InChI=1S/C16H17NO3/c18-11-14(15(19)12-7-3-1-4-8-12)17-16(20)13-9-5-2-6-10-13/h1-10,14-15,18-19H,11H2,(H,17,20)/t14-,15+/m1/s1. The van der Waals surface area contributed by atoms with Crippen LogP contribution in [0.15, 0.2) is 60.7 Å². The summed E-state index contributed by atoms with van der Waals surface area (Å²) in [4.78, 5) is 12.0. The van der Waals surface area contributed by atoms with Gasteiger partial charge in [0.25, 0.3) is 5.91 Å². The lowest BCUT2D eigenvalue weighted by Gasteiger charge is -2.22. The van der Waals surface area contributed by atoms with Gasteiger partial charge < -0.3 is 15.5 Å². The zero-order valence-corrected chi connectivity index (χ0v) is 10.9. The van der Waals surface area contributed by atoms with Crippen LogP contribution in [0.5, 0.6) is 0 Å². The first-order valence-corrected chi connectivity index (χ1v) is 6.42. The lowest BCUT2D eigenvalue weighted by atomic mass is 10.0. The SMILES string of the molecule is O=C(N[C@H](CO)[C@@H](O)c1ccccc1)c1ccccc1. The smallest absolute Gasteiger partial charge is 0.251 e. The van der Waals surface area contributed by atoms with Gasteiger partial charge in [-0.25, -0.2) is 0 Å². The molecule has 0 bridgehead atoms. The summed E-state index contributed by atoms with van der Waals surface area (Å²) < 4.78 is 0. The second kappa shape index (κ2) is 6.84. The monoisotopic (exact) mass is 271 g/mol. The van der Waals surface area contributed by atoms with Crippen LogP contribution in [0.4, 0.5) is 0 Å². The Kier molecular flexibility index (Phi) is 4.87. The molecule has 0 fully saturated rings. The third-order valence-electron chi connectivity index (χ3n) is 3.07. The van der Waals surface area contributed by atoms with E-state index in [4.69, 9.17) is 0 Å². The molecule has 4 nitrogen and oxygen atoms in total. The third-order valence-corrected chi connectivity index (χ3v) is 3.07. The Balaban J connectivity index is 2.08. The summed E-state index contributed by atoms with van der Waals surface area (Å²) in [5.74, 6) is -0.320. The predicted molar refractivity (Wildman–Crippen MR) is 76.2 cm³/mol. The quantitative estimate of drug-likeness (QED) is 0.772. The van der Waals surface area contributed by atoms with E-state index in [0.717, 1.165) is 0 Å². The molecule has 0 aliphatic rings. The minimum absolute atomic E-state index is 0.320. The molecule has 0 saturated carbocycles. The van der Waals surface area contributed by atoms with Gasteiger partial charge in [-0.2, -0.15) is 0 Å². The van der Waals surface area contributed by atoms with Crippen LogP contribution >= 0.6 is 0 Å². The number of benzene rings is 2. The van der Waals surface area contributed by atoms with Crippen molar-refractivity contribution in [3.8, 4) is 0 Å². The lowest BCUT2D eigenvalue weighted by Crippen LogP contribution is -2.41. The minimum Gasteiger partial charge on any atom is -0.394 e. The van der Waals surface area contributed by atoms with Gasteiger partial charge in [0.15, 0.2) is 0 Å². The first kappa shape index (κ1) is 14.2. The van der Waals surface area contributed by atoms with Crippen molar-refractivity contribution in [3.63, 3.8) is 0 Å². The third kappa shape index (κ3) is 3.44. The van der Waals surface area contributed by atoms with Gasteiger partial charge in [0.05, 0.1) is 12.6 Å². The van der Waals surface area contributed by atoms with E-state index in [9.17, 15) is 15.0 Å². The van der Waals surface area contributed by atoms with Crippen LogP contribution in [0.2, 0.25) is 0 Å². The van der Waals surface area contributed by atoms with Gasteiger partial charge >= 0.3 is 0 Å². The van der Waals surface area contributed by atoms with Crippen molar-refractivity contribution in [2.75, 3.05) is 6.61 Å². The Morgan fingerprint density at radius 1 is 1.00 bits per heavy atom. The number of amides is 1. The molecule has 2 aromatic rings. The van der Waals surface area contributed by atoms with Crippen molar-refractivity contribution in [1.82, 2.24) is 5.32 Å². The van der Waals surface area contributed by atoms with Gasteiger partial charge in [-0.05, 0) is 17.7 Å². The Bertz CT molecular complexity index is 542. The summed E-state index contributed by atoms with van der Waals surface area (Å²) in [6.45, 7) is -0.339. The molecule has 2 rings (SSSR count). The molecule has 0 spiro atoms. The second-order valence-corrected chi connectivity index (χ2v) is 4.48. The zero-order chi connectivity index (χ0) is 14.4. The Labute approximate surface area is 117 Å². The largest absolute Gasteiger partial charge is 0.394 e. The Hall–Kier alpha value is -2.17. The van der Waals surface area contributed by atoms with Crippen LogP contribution in [0.3, 0.4) is 0 Å². The van der Waals surface area contributed by atoms with Crippen LogP contribution in [-0.4, -0.2) is 28.8 Å². The molecule has 1 amide bonds. The maximum Gasteiger partial charge on any atom is 0.251 e. The van der Waals surface area contributed by atoms with Crippen molar-refractivity contribution < 1.29 is 15.0 Å². The van der Waals surface area contributed by atoms with Crippen molar-refractivity contribution in [2.45, 2.75) is 12.1 Å². The molecule has 20 heavy (non-hydrogen) atoms. The molecule has 0 radical (unpaired) electrons. The molecule has 4 heteroatoms. The first-order chi connectivity index (χ1) is 9.72. The van der Waals surface area contributed by atoms with E-state index in [1.54, 1.807) is 48.5 Å². The Morgan fingerprint density at radius 3 is 2.10 bits per heavy atom. The van der Waals surface area contributed by atoms with Crippen LogP contribution in [0, 0.1) is 0 Å². The number of carbonyl (C=O) groups excluding carboxylic acids is 1. The van der Waals surface area contributed by atoms with Crippen molar-refractivity contribution in [1.29, 1.82) is 0 Å². The topological polar surface area (TPSA) is 69.6 Å². The summed E-state index contributed by atoms with van der Waals surface area (Å²) in [6.07, 6.45) is -0.950. The normalized spacial score (nSPS) is 13.5. The number of hydrogen-bond acceptors (Lipinski definition) is 3. The van der Waals surface area contributed by atoms with E-state index in [2.05, 4.69) is 5.32 Å². The van der Waals surface area contributed by atoms with E-state index >= 15 is 0 Å². The highest BCUT2D eigenvalue weighted by atomic mass is 16.3. The van der Waals surface area contributed by atoms with E-state index in [-0.39, 0.29) is 12.5 Å². The Morgan fingerprint density at radius 2 is 1.55 bits per heavy atom. The van der Waals surface area contributed by atoms with E-state index in [1.807, 2.05) is 12.1 Å². The van der Waals surface area contributed by atoms with Crippen molar-refractivity contribution in [3.05, 3.63) is 71.8 Å². The molecule has 104 valence electrons. The summed E-state index contributed by atoms with van der Waals surface area (Å²) in [5, 5.41) is 22.2. The fraction of sp³-hybridized carbons (Fsp3) is 0.188. The summed E-state index contributed by atoms with van der Waals surface area (Å²) in [5.41, 5.74) is 1.14. The molecule has 0 aliphatic carbocycles. The van der Waals surface area contributed by atoms with Crippen LogP contribution in [0.25, 0.3) is 0 Å². The highest BCUT2D eigenvalue weighted by Crippen LogP contribution is 2.16. The van der Waals surface area contributed by atoms with Crippen molar-refractivity contribution >= 4 is 5.91 Å². The highest BCUT2D eigenvalue weighted by molar-refractivity contribution is 5.94. The van der Waals surface area contributed by atoms with Crippen molar-refractivity contribution in [2.24, 2.45) is 0 Å². The second-order valence-electron chi connectivity index (χ2n) is 4.48. The fourth-order valence-electron chi connectivity index (χ4n) is 1.95. The summed E-state index contributed by atoms with van der Waals surface area (Å²) in [6, 6.07) is 16.9. The molecule has 2 aromatic carbocycles. The average Bonchev–Trinajstić information content (AvgIpc) is 2.53. The highest BCUT2D eigenvalue weighted by Gasteiger charge is 2.22. The molecular formula is C16H17NO3. The molecule has 0 saturated heterocycles. The van der Waals surface area contributed by atoms with Gasteiger partial charge in [-0.3, -0.25) is 4.79 Å². The zero-order valence-electron chi connectivity index (χ0n) is 10.9. The van der Waals surface area contributed by atoms with Gasteiger partial charge in [-0.15, -0.1) is 0 Å². The van der Waals surface area contributed by atoms with Gasteiger partial charge in [0, 0.05) is 5.56 Å². The average molecular weight is 271 g/mol. The van der Waals surface area contributed by atoms with E-state index in [1.165, 1.54) is 0 Å². The number of nitrogens with one attached hydrogen (secondary N) is 1. The predicted octanol–water partition coefficient (Wildman–Crippen LogP) is 1.51. The number of aliphatic hydroxyl groups is 2. The van der Waals surface area contributed by atoms with Gasteiger partial charge in [0.2, 0.25) is 0 Å². The maximum absolute atomic E-state index is 12.0. The van der Waals surface area contributed by atoms with Gasteiger partial charge in [-0.1, -0.05) is 48.5 Å². The van der Waals surface area contributed by atoms with E-state index < -0.39 is 12.1 Å². The molecular weight excluding hydrogens is 254 g/mol. The van der Waals surface area contributed by atoms with Gasteiger partial charge in [0.1, 0.15) is 6.10 Å². The molecule has 0 heterocycles. The number of rotatable bonds is 5. The maximum atomic E-state index is 12.0. The number of hydrogen-bond donors (Lipinski definition) is 3. The van der Waals surface area contributed by atoms with Crippen LogP contribution in [-0.2, 0) is 0 Å². The molecule has 0 aromatic heterocycles. The summed E-state index contributed by atoms with van der Waals surface area (Å²) in [7, 11) is 0. The van der Waals surface area contributed by atoms with Crippen LogP contribution in [0.1, 0.15) is 22.0 Å². The minimum atomic E-state index is -0.950.